The molecule has 8 nitrogen and oxygen atoms in total. The van der Waals surface area contributed by atoms with E-state index >= 15 is 0 Å². The number of hydrogen-bond donors (Lipinski definition) is 2. The summed E-state index contributed by atoms with van der Waals surface area (Å²) in [5.41, 5.74) is 0.107. The van der Waals surface area contributed by atoms with Gasteiger partial charge in [-0.3, -0.25) is 10.1 Å². The summed E-state index contributed by atoms with van der Waals surface area (Å²) in [5.74, 6) is -0.824. The predicted molar refractivity (Wildman–Crippen MR) is 81.6 cm³/mol. The number of hydrogen-bond acceptors (Lipinski definition) is 6. The van der Waals surface area contributed by atoms with E-state index in [1.807, 2.05) is 5.32 Å². The van der Waals surface area contributed by atoms with Crippen LogP contribution in [0.4, 0.5) is 4.79 Å². The van der Waals surface area contributed by atoms with Gasteiger partial charge < -0.3 is 19.5 Å². The monoisotopic (exact) mass is 322 g/mol. The molecule has 3 amide bonds. The topological polar surface area (TPSA) is 103 Å². The molecule has 0 unspecified atom stereocenters. The molecule has 0 heterocycles. The fourth-order valence-electron chi connectivity index (χ4n) is 1.55. The zero-order valence-corrected chi connectivity index (χ0v) is 12.9. The molecule has 2 N–H and O–H groups in total. The van der Waals surface area contributed by atoms with Gasteiger partial charge in [-0.2, -0.15) is 0 Å². The minimum Gasteiger partial charge on any atom is -0.497 e. The van der Waals surface area contributed by atoms with Crippen molar-refractivity contribution in [2.75, 3.05) is 27.4 Å². The number of ether oxygens (including phenoxy) is 3. The van der Waals surface area contributed by atoms with Crippen molar-refractivity contribution in [1.82, 2.24) is 10.6 Å². The molecule has 1 aromatic rings. The number of carbonyl (C=O) groups excluding carboxylic acids is 3. The first-order chi connectivity index (χ1) is 11.0. The second-order valence-electron chi connectivity index (χ2n) is 4.19. The van der Waals surface area contributed by atoms with Gasteiger partial charge in [0.05, 0.1) is 14.2 Å². The molecule has 0 aromatic heterocycles. The summed E-state index contributed by atoms with van der Waals surface area (Å²) in [4.78, 5) is 34.7. The summed E-state index contributed by atoms with van der Waals surface area (Å²) in [6, 6.07) is 3.88. The van der Waals surface area contributed by atoms with Crippen LogP contribution in [-0.2, 0) is 9.53 Å². The van der Waals surface area contributed by atoms with E-state index < -0.39 is 24.5 Å². The van der Waals surface area contributed by atoms with Crippen molar-refractivity contribution in [3.8, 4) is 11.5 Å². The first kappa shape index (κ1) is 18.0. The molecule has 0 aliphatic carbocycles. The Morgan fingerprint density at radius 3 is 2.57 bits per heavy atom. The Kier molecular flexibility index (Phi) is 7.12. The molecule has 0 radical (unpaired) electrons. The van der Waals surface area contributed by atoms with Crippen molar-refractivity contribution < 1.29 is 28.6 Å². The highest BCUT2D eigenvalue weighted by molar-refractivity contribution is 5.98. The number of nitrogens with one attached hydrogen (secondary N) is 2. The van der Waals surface area contributed by atoms with Gasteiger partial charge in [-0.25, -0.2) is 9.59 Å². The molecule has 0 aliphatic heterocycles. The van der Waals surface area contributed by atoms with Crippen molar-refractivity contribution in [2.45, 2.75) is 0 Å². The molecule has 0 spiro atoms. The highest BCUT2D eigenvalue weighted by Crippen LogP contribution is 2.24. The van der Waals surface area contributed by atoms with Gasteiger partial charge in [-0.1, -0.05) is 6.08 Å². The van der Waals surface area contributed by atoms with Crippen LogP contribution in [0, 0.1) is 0 Å². The number of imide groups is 1. The van der Waals surface area contributed by atoms with Gasteiger partial charge in [0.25, 0.3) is 5.91 Å². The average molecular weight is 322 g/mol. The zero-order chi connectivity index (χ0) is 17.2. The second kappa shape index (κ2) is 9.08. The van der Waals surface area contributed by atoms with Crippen molar-refractivity contribution in [2.24, 2.45) is 0 Å². The van der Waals surface area contributed by atoms with Crippen LogP contribution >= 0.6 is 0 Å². The van der Waals surface area contributed by atoms with Gasteiger partial charge >= 0.3 is 12.0 Å². The molecule has 1 rings (SSSR count). The smallest absolute Gasteiger partial charge is 0.342 e. The van der Waals surface area contributed by atoms with E-state index in [1.54, 1.807) is 6.07 Å². The van der Waals surface area contributed by atoms with E-state index in [9.17, 15) is 14.4 Å². The number of carbonyl (C=O) groups is 3. The molecule has 0 bridgehead atoms. The fourth-order valence-corrected chi connectivity index (χ4v) is 1.55. The van der Waals surface area contributed by atoms with E-state index in [2.05, 4.69) is 11.9 Å². The van der Waals surface area contributed by atoms with Gasteiger partial charge in [0.1, 0.15) is 17.1 Å². The molecule has 0 aliphatic rings. The van der Waals surface area contributed by atoms with E-state index in [4.69, 9.17) is 14.2 Å². The Morgan fingerprint density at radius 1 is 1.22 bits per heavy atom. The molecular weight excluding hydrogens is 304 g/mol. The molecular formula is C15H18N2O6. The number of urea groups is 1. The highest BCUT2D eigenvalue weighted by atomic mass is 16.5. The van der Waals surface area contributed by atoms with Crippen LogP contribution in [0.1, 0.15) is 10.4 Å². The van der Waals surface area contributed by atoms with E-state index in [-0.39, 0.29) is 17.9 Å². The molecule has 0 fully saturated rings. The largest absolute Gasteiger partial charge is 0.497 e. The van der Waals surface area contributed by atoms with Gasteiger partial charge in [0.15, 0.2) is 6.61 Å². The Labute approximate surface area is 133 Å². The number of esters is 1. The van der Waals surface area contributed by atoms with Gasteiger partial charge in [0, 0.05) is 6.54 Å². The maximum Gasteiger partial charge on any atom is 0.342 e. The minimum atomic E-state index is -0.776. The summed E-state index contributed by atoms with van der Waals surface area (Å²) in [7, 11) is 2.85. The minimum absolute atomic E-state index is 0.107. The number of methoxy groups -OCH3 is 2. The first-order valence-corrected chi connectivity index (χ1v) is 6.59. The van der Waals surface area contributed by atoms with Crippen LogP contribution in [0.15, 0.2) is 30.9 Å². The molecule has 23 heavy (non-hydrogen) atoms. The lowest BCUT2D eigenvalue weighted by molar-refractivity contribution is -0.123. The zero-order valence-electron chi connectivity index (χ0n) is 12.9. The predicted octanol–water partition coefficient (Wildman–Crippen LogP) is 0.872. The van der Waals surface area contributed by atoms with Gasteiger partial charge in [-0.15, -0.1) is 6.58 Å². The van der Waals surface area contributed by atoms with Crippen LogP contribution < -0.4 is 20.1 Å². The average Bonchev–Trinajstić information content (AvgIpc) is 2.57. The Balaban J connectivity index is 2.61. The number of rotatable bonds is 7. The second-order valence-corrected chi connectivity index (χ2v) is 4.19. The summed E-state index contributed by atoms with van der Waals surface area (Å²) in [6.45, 7) is 3.01. The quantitative estimate of drug-likeness (QED) is 0.570. The highest BCUT2D eigenvalue weighted by Gasteiger charge is 2.17. The lowest BCUT2D eigenvalue weighted by Gasteiger charge is -2.10. The Hall–Kier alpha value is -3.03. The van der Waals surface area contributed by atoms with Crippen LogP contribution in [0.5, 0.6) is 11.5 Å². The third kappa shape index (κ3) is 5.70. The van der Waals surface area contributed by atoms with Crippen molar-refractivity contribution >= 4 is 17.9 Å². The number of benzene rings is 1. The van der Waals surface area contributed by atoms with Crippen molar-refractivity contribution in [3.63, 3.8) is 0 Å². The Morgan fingerprint density at radius 2 is 1.96 bits per heavy atom. The third-order valence-corrected chi connectivity index (χ3v) is 2.62. The maximum absolute atomic E-state index is 12.0. The van der Waals surface area contributed by atoms with Crippen LogP contribution in [0.25, 0.3) is 0 Å². The summed E-state index contributed by atoms with van der Waals surface area (Å²) in [6.07, 6.45) is 1.46. The summed E-state index contributed by atoms with van der Waals surface area (Å²) < 4.78 is 14.9. The normalized spacial score (nSPS) is 9.48. The van der Waals surface area contributed by atoms with E-state index in [1.165, 1.54) is 32.4 Å². The van der Waals surface area contributed by atoms with Gasteiger partial charge in [-0.05, 0) is 18.2 Å². The van der Waals surface area contributed by atoms with Crippen LogP contribution in [0.3, 0.4) is 0 Å². The number of amides is 3. The van der Waals surface area contributed by atoms with Crippen molar-refractivity contribution in [3.05, 3.63) is 36.4 Å². The lowest BCUT2D eigenvalue weighted by atomic mass is 10.2. The molecule has 0 saturated carbocycles. The van der Waals surface area contributed by atoms with Gasteiger partial charge in [0.2, 0.25) is 0 Å². The molecule has 8 heteroatoms. The molecule has 1 aromatic carbocycles. The van der Waals surface area contributed by atoms with E-state index in [0.717, 1.165) is 0 Å². The van der Waals surface area contributed by atoms with Crippen molar-refractivity contribution in [1.29, 1.82) is 0 Å². The SMILES string of the molecule is C=CCNC(=O)NC(=O)COC(=O)c1cc(OC)ccc1OC. The Bertz CT molecular complexity index is 600. The molecule has 0 saturated heterocycles. The van der Waals surface area contributed by atoms with E-state index in [0.29, 0.717) is 5.75 Å². The third-order valence-electron chi connectivity index (χ3n) is 2.62. The molecule has 124 valence electrons. The first-order valence-electron chi connectivity index (χ1n) is 6.59. The molecule has 0 atom stereocenters. The maximum atomic E-state index is 12.0. The lowest BCUT2D eigenvalue weighted by Crippen LogP contribution is -2.41. The van der Waals surface area contributed by atoms with Crippen LogP contribution in [0.2, 0.25) is 0 Å². The standard InChI is InChI=1S/C15H18N2O6/c1-4-7-16-15(20)17-13(18)9-23-14(19)11-8-10(21-2)5-6-12(11)22-3/h4-6,8H,1,7,9H2,2-3H3,(H2,16,17,18,20). The summed E-state index contributed by atoms with van der Waals surface area (Å²) in [5, 5.41) is 4.35. The fraction of sp³-hybridized carbons (Fsp3) is 0.267. The summed E-state index contributed by atoms with van der Waals surface area (Å²) >= 11 is 0. The van der Waals surface area contributed by atoms with Crippen LogP contribution in [-0.4, -0.2) is 45.3 Å².